The van der Waals surface area contributed by atoms with Crippen molar-refractivity contribution in [1.29, 1.82) is 0 Å². The Morgan fingerprint density at radius 2 is 1.64 bits per heavy atom. The molecule has 2 aromatic carbocycles. The van der Waals surface area contributed by atoms with Gasteiger partial charge in [-0.3, -0.25) is 0 Å². The van der Waals surface area contributed by atoms with Crippen molar-refractivity contribution in [1.82, 2.24) is 0 Å². The molecule has 14 heavy (non-hydrogen) atoms. The SMILES string of the molecule is O=C(O)c1ccc2ccccc2c1.[K]. The summed E-state index contributed by atoms with van der Waals surface area (Å²) in [5.41, 5.74) is 0.332. The van der Waals surface area contributed by atoms with Crippen LogP contribution in [-0.4, -0.2) is 62.5 Å². The summed E-state index contributed by atoms with van der Waals surface area (Å²) in [6.07, 6.45) is 0. The maximum absolute atomic E-state index is 10.6. The van der Waals surface area contributed by atoms with Crippen LogP contribution in [0.1, 0.15) is 10.4 Å². The molecule has 0 aliphatic rings. The van der Waals surface area contributed by atoms with Crippen molar-refractivity contribution in [3.63, 3.8) is 0 Å². The maximum atomic E-state index is 10.6. The maximum Gasteiger partial charge on any atom is 0.335 e. The van der Waals surface area contributed by atoms with E-state index in [2.05, 4.69) is 0 Å². The van der Waals surface area contributed by atoms with Crippen molar-refractivity contribution in [2.75, 3.05) is 0 Å². The van der Waals surface area contributed by atoms with Crippen LogP contribution in [0.5, 0.6) is 0 Å². The second-order valence-corrected chi connectivity index (χ2v) is 2.87. The molecule has 2 rings (SSSR count). The predicted octanol–water partition coefficient (Wildman–Crippen LogP) is 2.16. The molecule has 65 valence electrons. The summed E-state index contributed by atoms with van der Waals surface area (Å²) in [7, 11) is 0. The Labute approximate surface area is 124 Å². The van der Waals surface area contributed by atoms with Crippen molar-refractivity contribution in [3.8, 4) is 0 Å². The summed E-state index contributed by atoms with van der Waals surface area (Å²) in [5.74, 6) is -0.884. The van der Waals surface area contributed by atoms with E-state index < -0.39 is 5.97 Å². The molecule has 0 atom stereocenters. The fourth-order valence-electron chi connectivity index (χ4n) is 1.32. The van der Waals surface area contributed by atoms with Gasteiger partial charge in [-0.15, -0.1) is 0 Å². The monoisotopic (exact) mass is 211 g/mol. The number of rotatable bonds is 1. The molecular weight excluding hydrogens is 203 g/mol. The van der Waals surface area contributed by atoms with Crippen LogP contribution in [0.15, 0.2) is 42.5 Å². The smallest absolute Gasteiger partial charge is 0.335 e. The van der Waals surface area contributed by atoms with Crippen LogP contribution in [-0.2, 0) is 0 Å². The Morgan fingerprint density at radius 3 is 2.29 bits per heavy atom. The minimum atomic E-state index is -0.884. The van der Waals surface area contributed by atoms with Crippen molar-refractivity contribution in [2.45, 2.75) is 0 Å². The van der Waals surface area contributed by atoms with Gasteiger partial charge in [0.05, 0.1) is 5.56 Å². The summed E-state index contributed by atoms with van der Waals surface area (Å²) < 4.78 is 0. The van der Waals surface area contributed by atoms with Crippen molar-refractivity contribution in [3.05, 3.63) is 48.0 Å². The van der Waals surface area contributed by atoms with Crippen LogP contribution < -0.4 is 0 Å². The minimum Gasteiger partial charge on any atom is -0.478 e. The molecule has 0 heterocycles. The molecule has 0 aromatic heterocycles. The number of fused-ring (bicyclic) bond motifs is 1. The molecule has 0 fully saturated rings. The largest absolute Gasteiger partial charge is 0.478 e. The Balaban J connectivity index is 0.000000980. The molecule has 1 radical (unpaired) electrons. The summed E-state index contributed by atoms with van der Waals surface area (Å²) >= 11 is 0. The van der Waals surface area contributed by atoms with Gasteiger partial charge < -0.3 is 5.11 Å². The molecule has 0 spiro atoms. The van der Waals surface area contributed by atoms with Crippen LogP contribution in [0, 0.1) is 0 Å². The predicted molar refractivity (Wildman–Crippen MR) is 56.7 cm³/mol. The van der Waals surface area contributed by atoms with Crippen molar-refractivity contribution < 1.29 is 9.90 Å². The first kappa shape index (κ1) is 11.9. The third-order valence-corrected chi connectivity index (χ3v) is 2.00. The van der Waals surface area contributed by atoms with Gasteiger partial charge in [0, 0.05) is 51.4 Å². The van der Waals surface area contributed by atoms with E-state index in [1.54, 1.807) is 12.1 Å². The van der Waals surface area contributed by atoms with Crippen molar-refractivity contribution >= 4 is 68.1 Å². The second kappa shape index (κ2) is 5.05. The van der Waals surface area contributed by atoms with Crippen LogP contribution in [0.25, 0.3) is 10.8 Å². The van der Waals surface area contributed by atoms with E-state index >= 15 is 0 Å². The molecule has 0 saturated carbocycles. The number of hydrogen-bond acceptors (Lipinski definition) is 1. The first-order valence-electron chi connectivity index (χ1n) is 3.99. The zero-order chi connectivity index (χ0) is 9.26. The van der Waals surface area contributed by atoms with E-state index in [-0.39, 0.29) is 51.4 Å². The molecule has 2 nitrogen and oxygen atoms in total. The number of benzene rings is 2. The van der Waals surface area contributed by atoms with Gasteiger partial charge >= 0.3 is 5.97 Å². The molecule has 2 aromatic rings. The van der Waals surface area contributed by atoms with E-state index in [4.69, 9.17) is 5.11 Å². The molecule has 0 amide bonds. The van der Waals surface area contributed by atoms with Crippen LogP contribution >= 0.6 is 0 Å². The van der Waals surface area contributed by atoms with Gasteiger partial charge in [0.1, 0.15) is 0 Å². The van der Waals surface area contributed by atoms with Gasteiger partial charge in [-0.2, -0.15) is 0 Å². The average Bonchev–Trinajstić information content (AvgIpc) is 2.17. The average molecular weight is 211 g/mol. The van der Waals surface area contributed by atoms with Crippen LogP contribution in [0.2, 0.25) is 0 Å². The quantitative estimate of drug-likeness (QED) is 0.734. The summed E-state index contributed by atoms with van der Waals surface area (Å²) in [6, 6.07) is 12.8. The first-order chi connectivity index (χ1) is 6.27. The Morgan fingerprint density at radius 1 is 1.00 bits per heavy atom. The topological polar surface area (TPSA) is 37.3 Å². The standard InChI is InChI=1S/C11H8O2.K/c12-11(13)10-6-5-8-3-1-2-4-9(8)7-10;/h1-7H,(H,12,13);. The fourth-order valence-corrected chi connectivity index (χ4v) is 1.32. The second-order valence-electron chi connectivity index (χ2n) is 2.87. The van der Waals surface area contributed by atoms with Gasteiger partial charge in [0.15, 0.2) is 0 Å². The third kappa shape index (κ3) is 2.43. The van der Waals surface area contributed by atoms with E-state index in [1.807, 2.05) is 30.3 Å². The van der Waals surface area contributed by atoms with Gasteiger partial charge in [-0.25, -0.2) is 4.79 Å². The normalized spacial score (nSPS) is 9.43. The number of hydrogen-bond donors (Lipinski definition) is 1. The molecule has 0 bridgehead atoms. The van der Waals surface area contributed by atoms with E-state index in [0.29, 0.717) is 5.56 Å². The van der Waals surface area contributed by atoms with Gasteiger partial charge in [0.2, 0.25) is 0 Å². The van der Waals surface area contributed by atoms with Gasteiger partial charge in [0.25, 0.3) is 0 Å². The molecular formula is C11H8KO2. The number of carboxylic acids is 1. The number of aromatic carboxylic acids is 1. The molecule has 0 saturated heterocycles. The molecule has 0 aliphatic carbocycles. The third-order valence-electron chi connectivity index (χ3n) is 2.00. The number of carboxylic acid groups (broad SMARTS) is 1. The van der Waals surface area contributed by atoms with Gasteiger partial charge in [-0.1, -0.05) is 30.3 Å². The van der Waals surface area contributed by atoms with E-state index in [0.717, 1.165) is 10.8 Å². The number of carbonyl (C=O) groups is 1. The fraction of sp³-hybridized carbons (Fsp3) is 0. The van der Waals surface area contributed by atoms with E-state index in [1.165, 1.54) is 0 Å². The molecule has 0 aliphatic heterocycles. The first-order valence-corrected chi connectivity index (χ1v) is 3.99. The van der Waals surface area contributed by atoms with E-state index in [9.17, 15) is 4.79 Å². The summed E-state index contributed by atoms with van der Waals surface area (Å²) in [5, 5.41) is 10.8. The van der Waals surface area contributed by atoms with Crippen LogP contribution in [0.3, 0.4) is 0 Å². The molecule has 1 N–H and O–H groups in total. The minimum absolute atomic E-state index is 0. The molecule has 3 heteroatoms. The Bertz CT molecular complexity index is 466. The Kier molecular flexibility index (Phi) is 4.28. The zero-order valence-electron chi connectivity index (χ0n) is 7.90. The van der Waals surface area contributed by atoms with Crippen LogP contribution in [0.4, 0.5) is 0 Å². The van der Waals surface area contributed by atoms with Gasteiger partial charge in [-0.05, 0) is 22.9 Å². The summed E-state index contributed by atoms with van der Waals surface area (Å²) in [6.45, 7) is 0. The summed E-state index contributed by atoms with van der Waals surface area (Å²) in [4.78, 5) is 10.6. The zero-order valence-corrected chi connectivity index (χ0v) is 11.0. The Hall–Kier alpha value is -0.194. The molecule has 0 unspecified atom stereocenters. The van der Waals surface area contributed by atoms with Crippen molar-refractivity contribution in [2.24, 2.45) is 0 Å².